The molecule has 0 bridgehead atoms. The molecule has 2 rings (SSSR count). The van der Waals surface area contributed by atoms with Crippen molar-refractivity contribution in [3.63, 3.8) is 0 Å². The largest absolute Gasteiger partial charge is 0.377 e. The van der Waals surface area contributed by atoms with Crippen molar-refractivity contribution in [1.82, 2.24) is 4.90 Å². The third-order valence-corrected chi connectivity index (χ3v) is 4.01. The first-order valence-electron chi connectivity index (χ1n) is 6.39. The van der Waals surface area contributed by atoms with E-state index in [9.17, 15) is 0 Å². The van der Waals surface area contributed by atoms with E-state index in [2.05, 4.69) is 25.7 Å². The Morgan fingerprint density at radius 2 is 1.93 bits per heavy atom. The van der Waals surface area contributed by atoms with Crippen molar-refractivity contribution in [1.29, 1.82) is 0 Å². The standard InChI is InChI=1S/C13H25NO/c1-13(2,3)11-5-6-12(15-10-11)9-14-7-4-8-14/h11-12H,4-10H2,1-3H3. The maximum Gasteiger partial charge on any atom is 0.0702 e. The molecule has 2 heteroatoms. The predicted molar refractivity (Wildman–Crippen MR) is 63.0 cm³/mol. The summed E-state index contributed by atoms with van der Waals surface area (Å²) >= 11 is 0. The zero-order valence-electron chi connectivity index (χ0n) is 10.5. The molecule has 0 aromatic rings. The fourth-order valence-corrected chi connectivity index (χ4v) is 2.49. The molecule has 2 nitrogen and oxygen atoms in total. The molecule has 0 amide bonds. The van der Waals surface area contributed by atoms with Gasteiger partial charge in [0, 0.05) is 6.54 Å². The number of ether oxygens (including phenoxy) is 1. The van der Waals surface area contributed by atoms with Crippen LogP contribution in [0.4, 0.5) is 0 Å². The lowest BCUT2D eigenvalue weighted by atomic mass is 9.77. The third-order valence-electron chi connectivity index (χ3n) is 4.01. The number of rotatable bonds is 2. The Kier molecular flexibility index (Phi) is 3.36. The molecule has 0 spiro atoms. The van der Waals surface area contributed by atoms with Crippen LogP contribution in [-0.4, -0.2) is 37.2 Å². The number of nitrogens with zero attached hydrogens (tertiary/aromatic N) is 1. The van der Waals surface area contributed by atoms with Crippen molar-refractivity contribution in [2.75, 3.05) is 26.2 Å². The first kappa shape index (κ1) is 11.4. The molecule has 2 aliphatic heterocycles. The van der Waals surface area contributed by atoms with Crippen molar-refractivity contribution in [2.45, 2.75) is 46.1 Å². The Bertz CT molecular complexity index is 197. The van der Waals surface area contributed by atoms with Gasteiger partial charge >= 0.3 is 0 Å². The maximum absolute atomic E-state index is 5.98. The molecule has 0 radical (unpaired) electrons. The quantitative estimate of drug-likeness (QED) is 0.696. The number of hydrogen-bond donors (Lipinski definition) is 0. The zero-order chi connectivity index (χ0) is 10.9. The Balaban J connectivity index is 1.71. The molecule has 2 aliphatic rings. The molecule has 88 valence electrons. The fourth-order valence-electron chi connectivity index (χ4n) is 2.49. The van der Waals surface area contributed by atoms with E-state index < -0.39 is 0 Å². The van der Waals surface area contributed by atoms with Gasteiger partial charge < -0.3 is 9.64 Å². The molecule has 2 fully saturated rings. The van der Waals surface area contributed by atoms with Crippen LogP contribution in [-0.2, 0) is 4.74 Å². The minimum atomic E-state index is 0.418. The first-order chi connectivity index (χ1) is 7.05. The van der Waals surface area contributed by atoms with Crippen molar-refractivity contribution in [2.24, 2.45) is 11.3 Å². The van der Waals surface area contributed by atoms with Crippen molar-refractivity contribution < 1.29 is 4.74 Å². The zero-order valence-corrected chi connectivity index (χ0v) is 10.5. The van der Waals surface area contributed by atoms with Gasteiger partial charge in [-0.05, 0) is 43.7 Å². The van der Waals surface area contributed by atoms with E-state index >= 15 is 0 Å². The number of hydrogen-bond acceptors (Lipinski definition) is 2. The van der Waals surface area contributed by atoms with Gasteiger partial charge in [-0.15, -0.1) is 0 Å². The highest BCUT2D eigenvalue weighted by Crippen LogP contribution is 2.34. The van der Waals surface area contributed by atoms with Gasteiger partial charge in [-0.25, -0.2) is 0 Å². The van der Waals surface area contributed by atoms with Crippen LogP contribution < -0.4 is 0 Å². The molecule has 0 aliphatic carbocycles. The highest BCUT2D eigenvalue weighted by Gasteiger charge is 2.31. The van der Waals surface area contributed by atoms with Crippen LogP contribution in [0.3, 0.4) is 0 Å². The van der Waals surface area contributed by atoms with Gasteiger partial charge in [0.1, 0.15) is 0 Å². The minimum Gasteiger partial charge on any atom is -0.377 e. The van der Waals surface area contributed by atoms with Crippen LogP contribution in [0.25, 0.3) is 0 Å². The minimum absolute atomic E-state index is 0.418. The van der Waals surface area contributed by atoms with Crippen LogP contribution in [0.15, 0.2) is 0 Å². The monoisotopic (exact) mass is 211 g/mol. The molecule has 0 N–H and O–H groups in total. The number of likely N-dealkylation sites (tertiary alicyclic amines) is 1. The summed E-state index contributed by atoms with van der Waals surface area (Å²) < 4.78 is 5.98. The van der Waals surface area contributed by atoms with Gasteiger partial charge in [0.2, 0.25) is 0 Å². The van der Waals surface area contributed by atoms with Crippen LogP contribution in [0.1, 0.15) is 40.0 Å². The highest BCUT2D eigenvalue weighted by atomic mass is 16.5. The molecule has 2 heterocycles. The fraction of sp³-hybridized carbons (Fsp3) is 1.00. The van der Waals surface area contributed by atoms with E-state index in [1.54, 1.807) is 0 Å². The lowest BCUT2D eigenvalue weighted by Crippen LogP contribution is -2.45. The van der Waals surface area contributed by atoms with Gasteiger partial charge in [0.15, 0.2) is 0 Å². The second-order valence-electron chi connectivity index (χ2n) is 6.25. The molecule has 2 atom stereocenters. The maximum atomic E-state index is 5.98. The second-order valence-corrected chi connectivity index (χ2v) is 6.25. The summed E-state index contributed by atoms with van der Waals surface area (Å²) in [6.07, 6.45) is 4.52. The summed E-state index contributed by atoms with van der Waals surface area (Å²) in [5.74, 6) is 0.755. The molecule has 2 saturated heterocycles. The van der Waals surface area contributed by atoms with E-state index in [-0.39, 0.29) is 0 Å². The molecule has 0 saturated carbocycles. The summed E-state index contributed by atoms with van der Waals surface area (Å²) in [5, 5.41) is 0. The average molecular weight is 211 g/mol. The predicted octanol–water partition coefficient (Wildman–Crippen LogP) is 2.53. The van der Waals surface area contributed by atoms with Gasteiger partial charge in [0.25, 0.3) is 0 Å². The first-order valence-corrected chi connectivity index (χ1v) is 6.39. The smallest absolute Gasteiger partial charge is 0.0702 e. The molecule has 15 heavy (non-hydrogen) atoms. The average Bonchev–Trinajstić information content (AvgIpc) is 2.11. The summed E-state index contributed by atoms with van der Waals surface area (Å²) in [7, 11) is 0. The van der Waals surface area contributed by atoms with Gasteiger partial charge in [0.05, 0.1) is 12.7 Å². The van der Waals surface area contributed by atoms with Crippen LogP contribution in [0, 0.1) is 11.3 Å². The van der Waals surface area contributed by atoms with E-state index in [1.165, 1.54) is 38.9 Å². The van der Waals surface area contributed by atoms with E-state index in [1.807, 2.05) is 0 Å². The Labute approximate surface area is 94.0 Å². The highest BCUT2D eigenvalue weighted by molar-refractivity contribution is 4.81. The van der Waals surface area contributed by atoms with E-state index in [4.69, 9.17) is 4.74 Å². The molecular formula is C13H25NO. The third kappa shape index (κ3) is 2.94. The molecular weight excluding hydrogens is 186 g/mol. The van der Waals surface area contributed by atoms with Gasteiger partial charge in [-0.2, -0.15) is 0 Å². The second kappa shape index (κ2) is 4.42. The summed E-state index contributed by atoms with van der Waals surface area (Å²) in [4.78, 5) is 2.52. The van der Waals surface area contributed by atoms with Crippen LogP contribution in [0.2, 0.25) is 0 Å². The van der Waals surface area contributed by atoms with Crippen molar-refractivity contribution >= 4 is 0 Å². The van der Waals surface area contributed by atoms with E-state index in [0.29, 0.717) is 11.5 Å². The van der Waals surface area contributed by atoms with E-state index in [0.717, 1.165) is 12.5 Å². The van der Waals surface area contributed by atoms with Gasteiger partial charge in [-0.1, -0.05) is 20.8 Å². The Hall–Kier alpha value is -0.0800. The summed E-state index contributed by atoms with van der Waals surface area (Å²) in [5.41, 5.74) is 0.418. The molecule has 2 unspecified atom stereocenters. The van der Waals surface area contributed by atoms with Crippen molar-refractivity contribution in [3.8, 4) is 0 Å². The lowest BCUT2D eigenvalue weighted by Gasteiger charge is -2.40. The SMILES string of the molecule is CC(C)(C)C1CCC(CN2CCC2)OC1. The Morgan fingerprint density at radius 1 is 1.20 bits per heavy atom. The Morgan fingerprint density at radius 3 is 2.33 bits per heavy atom. The van der Waals surface area contributed by atoms with Gasteiger partial charge in [-0.3, -0.25) is 0 Å². The molecule has 0 aromatic carbocycles. The van der Waals surface area contributed by atoms with Crippen molar-refractivity contribution in [3.05, 3.63) is 0 Å². The topological polar surface area (TPSA) is 12.5 Å². The molecule has 0 aromatic heterocycles. The summed E-state index contributed by atoms with van der Waals surface area (Å²) in [6.45, 7) is 11.7. The van der Waals surface area contributed by atoms with Crippen LogP contribution in [0.5, 0.6) is 0 Å². The summed E-state index contributed by atoms with van der Waals surface area (Å²) in [6, 6.07) is 0. The normalized spacial score (nSPS) is 33.8. The lowest BCUT2D eigenvalue weighted by molar-refractivity contribution is -0.0640. The van der Waals surface area contributed by atoms with Crippen LogP contribution >= 0.6 is 0 Å².